The highest BCUT2D eigenvalue weighted by atomic mass is 32.2. The molecule has 5 nitrogen and oxygen atoms in total. The number of aryl methyl sites for hydroxylation is 1. The number of aliphatic hydroxyl groups excluding tert-OH is 1. The number of aliphatic hydroxyl groups is 1. The van der Waals surface area contributed by atoms with Gasteiger partial charge in [0.2, 0.25) is 0 Å². The van der Waals surface area contributed by atoms with Crippen molar-refractivity contribution in [1.29, 1.82) is 0 Å². The average molecular weight is 309 g/mol. The molecule has 2 N–H and O–H groups in total. The van der Waals surface area contributed by atoms with Crippen LogP contribution in [-0.4, -0.2) is 57.7 Å². The summed E-state index contributed by atoms with van der Waals surface area (Å²) in [6.07, 6.45) is 0.340. The van der Waals surface area contributed by atoms with Crippen LogP contribution in [0.25, 0.3) is 0 Å². The number of benzene rings is 1. The molecule has 0 saturated carbocycles. The largest absolute Gasteiger partial charge is 0.481 e. The number of carbonyl (C=O) groups excluding carboxylic acids is 1. The van der Waals surface area contributed by atoms with Crippen molar-refractivity contribution in [2.24, 2.45) is 0 Å². The number of nitrogens with zero attached hydrogens (tertiary/aromatic N) is 1. The number of amides is 1. The molecule has 0 bridgehead atoms. The van der Waals surface area contributed by atoms with Crippen molar-refractivity contribution in [1.82, 2.24) is 4.90 Å². The summed E-state index contributed by atoms with van der Waals surface area (Å²) in [4.78, 5) is 25.1. The lowest BCUT2D eigenvalue weighted by Crippen LogP contribution is -2.48. The zero-order valence-electron chi connectivity index (χ0n) is 11.7. The predicted octanol–water partition coefficient (Wildman–Crippen LogP) is 1.25. The van der Waals surface area contributed by atoms with E-state index >= 15 is 0 Å². The maximum absolute atomic E-state index is 12.7. The van der Waals surface area contributed by atoms with Crippen LogP contribution in [0.1, 0.15) is 22.3 Å². The van der Waals surface area contributed by atoms with E-state index in [0.717, 1.165) is 17.1 Å². The fraction of sp³-hybridized carbons (Fsp3) is 0.467. The number of hydrogen-bond donors (Lipinski definition) is 2. The first kappa shape index (κ1) is 15.9. The SMILES string of the molecule is O=C(O)CCc1ccccc1C(=O)N1CCSCC1CO. The number of hydrogen-bond acceptors (Lipinski definition) is 4. The summed E-state index contributed by atoms with van der Waals surface area (Å²) in [5.74, 6) is 0.606. The van der Waals surface area contributed by atoms with Crippen LogP contribution in [-0.2, 0) is 11.2 Å². The third kappa shape index (κ3) is 3.98. The number of carboxylic acid groups (broad SMARTS) is 1. The Morgan fingerprint density at radius 3 is 2.81 bits per heavy atom. The summed E-state index contributed by atoms with van der Waals surface area (Å²) < 4.78 is 0. The Morgan fingerprint density at radius 1 is 1.33 bits per heavy atom. The molecule has 0 aromatic heterocycles. The van der Waals surface area contributed by atoms with E-state index in [1.807, 2.05) is 6.07 Å². The molecule has 114 valence electrons. The van der Waals surface area contributed by atoms with Gasteiger partial charge in [-0.15, -0.1) is 0 Å². The van der Waals surface area contributed by atoms with Crippen LogP contribution in [0.3, 0.4) is 0 Å². The van der Waals surface area contributed by atoms with Crippen LogP contribution in [0.2, 0.25) is 0 Å². The third-order valence-electron chi connectivity index (χ3n) is 3.56. The number of carboxylic acids is 1. The van der Waals surface area contributed by atoms with Crippen molar-refractivity contribution in [3.63, 3.8) is 0 Å². The molecule has 1 heterocycles. The lowest BCUT2D eigenvalue weighted by atomic mass is 10.0. The van der Waals surface area contributed by atoms with E-state index in [4.69, 9.17) is 5.11 Å². The van der Waals surface area contributed by atoms with Crippen LogP contribution in [0.15, 0.2) is 24.3 Å². The third-order valence-corrected chi connectivity index (χ3v) is 4.65. The fourth-order valence-electron chi connectivity index (χ4n) is 2.42. The van der Waals surface area contributed by atoms with E-state index in [9.17, 15) is 14.7 Å². The summed E-state index contributed by atoms with van der Waals surface area (Å²) in [6.45, 7) is 0.567. The number of carbonyl (C=O) groups is 2. The van der Waals surface area contributed by atoms with Gasteiger partial charge in [0.25, 0.3) is 5.91 Å². The van der Waals surface area contributed by atoms with E-state index in [0.29, 0.717) is 18.5 Å². The highest BCUT2D eigenvalue weighted by molar-refractivity contribution is 7.99. The quantitative estimate of drug-likeness (QED) is 0.856. The second-order valence-corrected chi connectivity index (χ2v) is 6.11. The zero-order valence-corrected chi connectivity index (χ0v) is 12.5. The highest BCUT2D eigenvalue weighted by Gasteiger charge is 2.28. The molecular weight excluding hydrogens is 290 g/mol. The Bertz CT molecular complexity index is 520. The van der Waals surface area contributed by atoms with Crippen LogP contribution in [0.5, 0.6) is 0 Å². The first-order chi connectivity index (χ1) is 10.1. The fourth-order valence-corrected chi connectivity index (χ4v) is 3.47. The van der Waals surface area contributed by atoms with Gasteiger partial charge in [0, 0.05) is 30.0 Å². The molecule has 1 fully saturated rings. The van der Waals surface area contributed by atoms with Crippen molar-refractivity contribution in [2.75, 3.05) is 24.7 Å². The molecule has 21 heavy (non-hydrogen) atoms. The van der Waals surface area contributed by atoms with Gasteiger partial charge in [-0.05, 0) is 18.1 Å². The number of thioether (sulfide) groups is 1. The molecule has 1 aromatic rings. The van der Waals surface area contributed by atoms with E-state index in [1.165, 1.54) is 0 Å². The molecule has 6 heteroatoms. The van der Waals surface area contributed by atoms with Gasteiger partial charge in [-0.2, -0.15) is 11.8 Å². The molecule has 0 spiro atoms. The van der Waals surface area contributed by atoms with Gasteiger partial charge in [0.1, 0.15) is 0 Å². The lowest BCUT2D eigenvalue weighted by molar-refractivity contribution is -0.136. The smallest absolute Gasteiger partial charge is 0.303 e. The minimum Gasteiger partial charge on any atom is -0.481 e. The first-order valence-electron chi connectivity index (χ1n) is 6.92. The molecule has 1 atom stereocenters. The van der Waals surface area contributed by atoms with Gasteiger partial charge in [-0.25, -0.2) is 0 Å². The Labute approximate surface area is 128 Å². The molecule has 1 saturated heterocycles. The maximum Gasteiger partial charge on any atom is 0.303 e. The van der Waals surface area contributed by atoms with Gasteiger partial charge in [-0.3, -0.25) is 9.59 Å². The predicted molar refractivity (Wildman–Crippen MR) is 81.6 cm³/mol. The molecular formula is C15H19NO4S. The van der Waals surface area contributed by atoms with E-state index in [1.54, 1.807) is 34.9 Å². The van der Waals surface area contributed by atoms with E-state index in [2.05, 4.69) is 0 Å². The molecule has 2 rings (SSSR count). The topological polar surface area (TPSA) is 77.8 Å². The highest BCUT2D eigenvalue weighted by Crippen LogP contribution is 2.21. The van der Waals surface area contributed by atoms with Crippen LogP contribution < -0.4 is 0 Å². The normalized spacial score (nSPS) is 18.5. The number of rotatable bonds is 5. The maximum atomic E-state index is 12.7. The molecule has 1 aliphatic heterocycles. The van der Waals surface area contributed by atoms with Crippen LogP contribution in [0, 0.1) is 0 Å². The summed E-state index contributed by atoms with van der Waals surface area (Å²) in [5.41, 5.74) is 1.30. The molecule has 0 aliphatic carbocycles. The lowest BCUT2D eigenvalue weighted by Gasteiger charge is -2.34. The molecule has 1 amide bonds. The van der Waals surface area contributed by atoms with Crippen molar-refractivity contribution < 1.29 is 19.8 Å². The molecule has 0 radical (unpaired) electrons. The van der Waals surface area contributed by atoms with E-state index < -0.39 is 5.97 Å². The van der Waals surface area contributed by atoms with Gasteiger partial charge >= 0.3 is 5.97 Å². The Balaban J connectivity index is 2.19. The van der Waals surface area contributed by atoms with E-state index in [-0.39, 0.29) is 25.0 Å². The summed E-state index contributed by atoms with van der Waals surface area (Å²) in [5, 5.41) is 18.2. The summed E-state index contributed by atoms with van der Waals surface area (Å²) >= 11 is 1.73. The summed E-state index contributed by atoms with van der Waals surface area (Å²) in [6, 6.07) is 6.95. The molecule has 1 aliphatic rings. The summed E-state index contributed by atoms with van der Waals surface area (Å²) in [7, 11) is 0. The average Bonchev–Trinajstić information content (AvgIpc) is 2.52. The van der Waals surface area contributed by atoms with Crippen LogP contribution >= 0.6 is 11.8 Å². The van der Waals surface area contributed by atoms with Gasteiger partial charge in [0.05, 0.1) is 12.6 Å². The van der Waals surface area contributed by atoms with Crippen molar-refractivity contribution >= 4 is 23.6 Å². The monoisotopic (exact) mass is 309 g/mol. The van der Waals surface area contributed by atoms with Crippen molar-refractivity contribution in [2.45, 2.75) is 18.9 Å². The van der Waals surface area contributed by atoms with Crippen molar-refractivity contribution in [3.05, 3.63) is 35.4 Å². The van der Waals surface area contributed by atoms with Gasteiger partial charge in [0.15, 0.2) is 0 Å². The standard InChI is InChI=1S/C15H19NO4S/c17-9-12-10-21-8-7-16(12)15(20)13-4-2-1-3-11(13)5-6-14(18)19/h1-4,12,17H,5-10H2,(H,18,19). The van der Waals surface area contributed by atoms with Crippen molar-refractivity contribution in [3.8, 4) is 0 Å². The second-order valence-electron chi connectivity index (χ2n) is 4.96. The van der Waals surface area contributed by atoms with Gasteiger partial charge < -0.3 is 15.1 Å². The first-order valence-corrected chi connectivity index (χ1v) is 8.08. The Morgan fingerprint density at radius 2 is 2.10 bits per heavy atom. The zero-order chi connectivity index (χ0) is 15.2. The minimum atomic E-state index is -0.875. The molecule has 1 aromatic carbocycles. The number of aliphatic carboxylic acids is 1. The van der Waals surface area contributed by atoms with Gasteiger partial charge in [-0.1, -0.05) is 18.2 Å². The Hall–Kier alpha value is -1.53. The van der Waals surface area contributed by atoms with Crippen LogP contribution in [0.4, 0.5) is 0 Å². The second kappa shape index (κ2) is 7.47. The Kier molecular flexibility index (Phi) is 5.64. The minimum absolute atomic E-state index is 0.00355. The molecule has 1 unspecified atom stereocenters.